The fraction of sp³-hybridized carbons (Fsp3) is 0.188. The van der Waals surface area contributed by atoms with Gasteiger partial charge in [0.25, 0.3) is 5.56 Å². The number of rotatable bonds is 8. The van der Waals surface area contributed by atoms with E-state index in [0.717, 1.165) is 4.57 Å². The predicted octanol–water partition coefficient (Wildman–Crippen LogP) is 6.11. The van der Waals surface area contributed by atoms with Gasteiger partial charge in [0, 0.05) is 10.6 Å². The van der Waals surface area contributed by atoms with Crippen LogP contribution in [0.4, 0.5) is 13.2 Å². The third kappa shape index (κ3) is 6.53. The van der Waals surface area contributed by atoms with Crippen molar-refractivity contribution in [2.45, 2.75) is 25.7 Å². The first-order valence-corrected chi connectivity index (χ1v) is 15.1. The summed E-state index contributed by atoms with van der Waals surface area (Å²) in [5.74, 6) is -0.853. The van der Waals surface area contributed by atoms with E-state index in [0.29, 0.717) is 33.0 Å². The first kappa shape index (κ1) is 32.8. The number of carbonyl (C=O) groups excluding carboxylic acids is 1. The van der Waals surface area contributed by atoms with Gasteiger partial charge in [-0.05, 0) is 54.5 Å². The number of alkyl halides is 3. The molecule has 0 saturated carbocycles. The standard InChI is InChI=1S/C32H22Cl2F3N3O5S/c1-3-44-30(42)25-26(18-8-10-21(33)11-9-18)40-29(41)24(46-31(40)39-28(25)32(35,36)37)14-17-12-22(34)27(23(13-17)43-2)45-16-20-7-5-4-6-19(20)15-38/h4-14,26H,3,16H2,1-2H3/b24-14-/t26-/m0/s1. The maximum Gasteiger partial charge on any atom is 0.434 e. The average Bonchev–Trinajstić information content (AvgIpc) is 3.33. The quantitative estimate of drug-likeness (QED) is 0.207. The summed E-state index contributed by atoms with van der Waals surface area (Å²) in [5.41, 5.74) is -1.34. The van der Waals surface area contributed by atoms with Crippen molar-refractivity contribution in [2.24, 2.45) is 4.99 Å². The van der Waals surface area contributed by atoms with Crippen molar-refractivity contribution < 1.29 is 32.2 Å². The van der Waals surface area contributed by atoms with E-state index in [1.165, 1.54) is 56.5 Å². The maximum absolute atomic E-state index is 14.3. The first-order chi connectivity index (χ1) is 22.0. The van der Waals surface area contributed by atoms with Crippen molar-refractivity contribution in [3.05, 3.63) is 124 Å². The summed E-state index contributed by atoms with van der Waals surface area (Å²) in [7, 11) is 1.39. The van der Waals surface area contributed by atoms with Crippen molar-refractivity contribution >= 4 is 46.6 Å². The van der Waals surface area contributed by atoms with E-state index >= 15 is 0 Å². The number of thiazole rings is 1. The van der Waals surface area contributed by atoms with Crippen molar-refractivity contribution in [1.29, 1.82) is 5.26 Å². The maximum atomic E-state index is 14.3. The summed E-state index contributed by atoms with van der Waals surface area (Å²) in [6, 6.07) is 16.3. The van der Waals surface area contributed by atoms with E-state index < -0.39 is 35.0 Å². The Morgan fingerprint density at radius 2 is 1.87 bits per heavy atom. The Bertz CT molecular complexity index is 2080. The van der Waals surface area contributed by atoms with Crippen molar-refractivity contribution in [3.8, 4) is 17.6 Å². The average molecular weight is 689 g/mol. The Morgan fingerprint density at radius 3 is 2.52 bits per heavy atom. The van der Waals surface area contributed by atoms with Gasteiger partial charge >= 0.3 is 12.1 Å². The lowest BCUT2D eigenvalue weighted by Crippen LogP contribution is -2.41. The van der Waals surface area contributed by atoms with Crippen LogP contribution in [0.15, 0.2) is 81.7 Å². The lowest BCUT2D eigenvalue weighted by molar-refractivity contribution is -0.140. The van der Waals surface area contributed by atoms with Crippen LogP contribution in [0.2, 0.25) is 10.0 Å². The molecule has 0 N–H and O–H groups in total. The molecule has 3 aromatic carbocycles. The number of methoxy groups -OCH3 is 1. The van der Waals surface area contributed by atoms with E-state index in [1.54, 1.807) is 24.3 Å². The third-order valence-corrected chi connectivity index (χ3v) is 8.36. The number of esters is 1. The van der Waals surface area contributed by atoms with Crippen molar-refractivity contribution in [1.82, 2.24) is 4.57 Å². The summed E-state index contributed by atoms with van der Waals surface area (Å²) < 4.78 is 60.4. The van der Waals surface area contributed by atoms with Gasteiger partial charge in [-0.2, -0.15) is 18.4 Å². The molecule has 236 valence electrons. The number of benzene rings is 3. The number of hydrogen-bond acceptors (Lipinski definition) is 8. The Hall–Kier alpha value is -4.57. The zero-order chi connectivity index (χ0) is 33.2. The van der Waals surface area contributed by atoms with Gasteiger partial charge in [0.05, 0.1) is 46.5 Å². The highest BCUT2D eigenvalue weighted by Gasteiger charge is 2.45. The predicted molar refractivity (Wildman–Crippen MR) is 166 cm³/mol. The largest absolute Gasteiger partial charge is 0.493 e. The number of nitriles is 1. The minimum Gasteiger partial charge on any atom is -0.493 e. The highest BCUT2D eigenvalue weighted by Crippen LogP contribution is 2.39. The van der Waals surface area contributed by atoms with Gasteiger partial charge in [-0.3, -0.25) is 9.36 Å². The molecule has 1 aromatic heterocycles. The number of carbonyl (C=O) groups is 1. The molecule has 1 aliphatic heterocycles. The van der Waals surface area contributed by atoms with Crippen LogP contribution in [0.25, 0.3) is 6.08 Å². The number of aromatic nitrogens is 1. The Kier molecular flexibility index (Phi) is 9.58. The number of allylic oxidation sites excluding steroid dienone is 1. The molecule has 1 atom stereocenters. The smallest absolute Gasteiger partial charge is 0.434 e. The van der Waals surface area contributed by atoms with Crippen LogP contribution < -0.4 is 24.4 Å². The van der Waals surface area contributed by atoms with Crippen LogP contribution in [0.1, 0.15) is 35.2 Å². The third-order valence-electron chi connectivity index (χ3n) is 6.84. The van der Waals surface area contributed by atoms with Crippen LogP contribution in [-0.2, 0) is 16.1 Å². The number of hydrogen-bond donors (Lipinski definition) is 0. The summed E-state index contributed by atoms with van der Waals surface area (Å²) in [6.07, 6.45) is -3.61. The van der Waals surface area contributed by atoms with Gasteiger partial charge in [0.15, 0.2) is 22.0 Å². The fourth-order valence-electron chi connectivity index (χ4n) is 4.82. The van der Waals surface area contributed by atoms with Crippen LogP contribution in [0.5, 0.6) is 11.5 Å². The topological polar surface area (TPSA) is 103 Å². The second-order valence-corrected chi connectivity index (χ2v) is 11.6. The molecule has 4 aromatic rings. The number of ether oxygens (including phenoxy) is 3. The first-order valence-electron chi connectivity index (χ1n) is 13.5. The zero-order valence-corrected chi connectivity index (χ0v) is 26.4. The van der Waals surface area contributed by atoms with Gasteiger partial charge in [-0.15, -0.1) is 0 Å². The fourth-order valence-corrected chi connectivity index (χ4v) is 6.22. The van der Waals surface area contributed by atoms with E-state index in [4.69, 9.17) is 37.4 Å². The van der Waals surface area contributed by atoms with Crippen LogP contribution in [0.3, 0.4) is 0 Å². The van der Waals surface area contributed by atoms with E-state index in [9.17, 15) is 28.0 Å². The highest BCUT2D eigenvalue weighted by atomic mass is 35.5. The molecular weight excluding hydrogens is 666 g/mol. The van der Waals surface area contributed by atoms with E-state index in [1.807, 2.05) is 0 Å². The molecule has 0 saturated heterocycles. The Labute approximate surface area is 273 Å². The summed E-state index contributed by atoms with van der Waals surface area (Å²) in [4.78, 5) is 30.3. The Morgan fingerprint density at radius 1 is 1.15 bits per heavy atom. The molecule has 0 fully saturated rings. The molecule has 0 radical (unpaired) electrons. The molecule has 1 aliphatic rings. The summed E-state index contributed by atoms with van der Waals surface area (Å²) >= 11 is 13.3. The normalized spacial score (nSPS) is 14.7. The number of fused-ring (bicyclic) bond motifs is 1. The molecule has 5 rings (SSSR count). The lowest BCUT2D eigenvalue weighted by atomic mass is 9.95. The molecule has 14 heteroatoms. The van der Waals surface area contributed by atoms with Gasteiger partial charge in [0.1, 0.15) is 6.61 Å². The van der Waals surface area contributed by atoms with Crippen molar-refractivity contribution in [2.75, 3.05) is 13.7 Å². The molecular formula is C32H22Cl2F3N3O5S. The molecule has 2 heterocycles. The van der Waals surface area contributed by atoms with Gasteiger partial charge in [-0.25, -0.2) is 9.79 Å². The zero-order valence-electron chi connectivity index (χ0n) is 24.0. The minimum absolute atomic E-state index is 0.0130. The van der Waals surface area contributed by atoms with E-state index in [-0.39, 0.29) is 44.6 Å². The van der Waals surface area contributed by atoms with Crippen LogP contribution in [0, 0.1) is 11.3 Å². The molecule has 46 heavy (non-hydrogen) atoms. The van der Waals surface area contributed by atoms with Gasteiger partial charge in [-0.1, -0.05) is 64.9 Å². The van der Waals surface area contributed by atoms with Gasteiger partial charge < -0.3 is 14.2 Å². The minimum atomic E-state index is -5.04. The molecule has 0 spiro atoms. The number of nitrogens with zero attached hydrogens (tertiary/aromatic N) is 3. The second kappa shape index (κ2) is 13.4. The van der Waals surface area contributed by atoms with Crippen LogP contribution >= 0.6 is 34.5 Å². The van der Waals surface area contributed by atoms with Crippen LogP contribution in [-0.4, -0.2) is 30.4 Å². The van der Waals surface area contributed by atoms with Crippen molar-refractivity contribution in [3.63, 3.8) is 0 Å². The molecule has 0 amide bonds. The van der Waals surface area contributed by atoms with E-state index in [2.05, 4.69) is 11.1 Å². The second-order valence-electron chi connectivity index (χ2n) is 9.71. The molecule has 0 aliphatic carbocycles. The molecule has 0 bridgehead atoms. The van der Waals surface area contributed by atoms with Gasteiger partial charge in [0.2, 0.25) is 0 Å². The highest BCUT2D eigenvalue weighted by molar-refractivity contribution is 7.07. The Balaban J connectivity index is 1.64. The summed E-state index contributed by atoms with van der Waals surface area (Å²) in [5, 5.41) is 9.79. The number of halogens is 5. The molecule has 8 nitrogen and oxygen atoms in total. The lowest BCUT2D eigenvalue weighted by Gasteiger charge is -2.26. The summed E-state index contributed by atoms with van der Waals surface area (Å²) in [6.45, 7) is 1.28. The molecule has 0 unspecified atom stereocenters. The monoisotopic (exact) mass is 687 g/mol. The SMILES string of the molecule is CCOC(=O)C1=C(C(F)(F)F)N=c2s/c(=C\c3cc(Cl)c(OCc4ccccc4C#N)c(OC)c3)c(=O)n2[C@H]1c1ccc(Cl)cc1.